The summed E-state index contributed by atoms with van der Waals surface area (Å²) in [7, 11) is 1.44. The zero-order chi connectivity index (χ0) is 13.9. The number of benzene rings is 1. The topological polar surface area (TPSA) is 44.3 Å². The van der Waals surface area contributed by atoms with Crippen molar-refractivity contribution in [2.45, 2.75) is 32.4 Å². The predicted octanol–water partition coefficient (Wildman–Crippen LogP) is 2.43. The molecule has 0 fully saturated rings. The second-order valence-corrected chi connectivity index (χ2v) is 5.22. The summed E-state index contributed by atoms with van der Waals surface area (Å²) in [5, 5.41) is 15.4. The lowest BCUT2D eigenvalue weighted by Gasteiger charge is -2.23. The molecule has 0 heterocycles. The molecule has 18 heavy (non-hydrogen) atoms. The summed E-state index contributed by atoms with van der Waals surface area (Å²) in [6.45, 7) is 6.04. The molecule has 0 amide bonds. The summed E-state index contributed by atoms with van der Waals surface area (Å²) in [5.41, 5.74) is -0.316. The molecule has 0 aromatic heterocycles. The maximum absolute atomic E-state index is 13.9. The third-order valence-corrected chi connectivity index (χ3v) is 2.56. The molecule has 1 unspecified atom stereocenters. The van der Waals surface area contributed by atoms with Crippen LogP contribution >= 0.6 is 0 Å². The van der Waals surface area contributed by atoms with Crippen molar-refractivity contribution in [3.05, 3.63) is 29.3 Å². The molecule has 0 aliphatic carbocycles. The quantitative estimate of drug-likeness (QED) is 0.777. The fraction of sp³-hybridized carbons (Fsp3) is 0.538. The van der Waals surface area contributed by atoms with Gasteiger partial charge in [0.25, 0.3) is 0 Å². The van der Waals surface area contributed by atoms with Crippen molar-refractivity contribution in [2.75, 3.05) is 18.9 Å². The number of β-amino-alcohol motifs (C(OH)–C–C–N with tert-alkyl or cyclic N) is 1. The van der Waals surface area contributed by atoms with E-state index in [2.05, 4.69) is 10.6 Å². The zero-order valence-corrected chi connectivity index (χ0v) is 11.1. The molecule has 0 saturated heterocycles. The van der Waals surface area contributed by atoms with E-state index in [-0.39, 0.29) is 23.3 Å². The molecular formula is C13H20F2N2O. The van der Waals surface area contributed by atoms with Crippen molar-refractivity contribution in [1.29, 1.82) is 0 Å². The van der Waals surface area contributed by atoms with Gasteiger partial charge in [0.1, 0.15) is 11.5 Å². The van der Waals surface area contributed by atoms with Crippen LogP contribution in [0.1, 0.15) is 32.4 Å². The lowest BCUT2D eigenvalue weighted by molar-refractivity contribution is 0.159. The SMILES string of the molecule is CNc1c(F)ccc(C(O)CNC(C)(C)C)c1F. The van der Waals surface area contributed by atoms with Gasteiger partial charge in [0, 0.05) is 24.7 Å². The van der Waals surface area contributed by atoms with Crippen molar-refractivity contribution in [3.8, 4) is 0 Å². The van der Waals surface area contributed by atoms with Crippen molar-refractivity contribution >= 4 is 5.69 Å². The Hall–Kier alpha value is -1.20. The van der Waals surface area contributed by atoms with E-state index >= 15 is 0 Å². The van der Waals surface area contributed by atoms with Crippen LogP contribution in [0.4, 0.5) is 14.5 Å². The molecule has 1 aromatic rings. The van der Waals surface area contributed by atoms with E-state index in [0.29, 0.717) is 0 Å². The van der Waals surface area contributed by atoms with Crippen LogP contribution in [0, 0.1) is 11.6 Å². The van der Waals surface area contributed by atoms with Gasteiger partial charge >= 0.3 is 0 Å². The maximum atomic E-state index is 13.9. The van der Waals surface area contributed by atoms with Gasteiger partial charge in [-0.15, -0.1) is 0 Å². The summed E-state index contributed by atoms with van der Waals surface area (Å²) in [4.78, 5) is 0. The molecule has 0 aliphatic rings. The van der Waals surface area contributed by atoms with Crippen molar-refractivity contribution in [2.24, 2.45) is 0 Å². The van der Waals surface area contributed by atoms with Gasteiger partial charge in [0.05, 0.1) is 6.10 Å². The van der Waals surface area contributed by atoms with E-state index < -0.39 is 17.7 Å². The second-order valence-electron chi connectivity index (χ2n) is 5.22. The number of aliphatic hydroxyl groups excluding tert-OH is 1. The minimum atomic E-state index is -1.02. The van der Waals surface area contributed by atoms with Crippen LogP contribution in [0.5, 0.6) is 0 Å². The predicted molar refractivity (Wildman–Crippen MR) is 68.6 cm³/mol. The van der Waals surface area contributed by atoms with Gasteiger partial charge in [-0.1, -0.05) is 6.07 Å². The van der Waals surface area contributed by atoms with Crippen LogP contribution in [-0.2, 0) is 0 Å². The highest BCUT2D eigenvalue weighted by Gasteiger charge is 2.20. The largest absolute Gasteiger partial charge is 0.387 e. The number of hydrogen-bond acceptors (Lipinski definition) is 3. The molecule has 3 nitrogen and oxygen atoms in total. The van der Waals surface area contributed by atoms with Gasteiger partial charge < -0.3 is 15.7 Å². The molecule has 1 rings (SSSR count). The number of anilines is 1. The van der Waals surface area contributed by atoms with Gasteiger partial charge in [-0.3, -0.25) is 0 Å². The maximum Gasteiger partial charge on any atom is 0.155 e. The van der Waals surface area contributed by atoms with Gasteiger partial charge in [-0.05, 0) is 26.8 Å². The monoisotopic (exact) mass is 258 g/mol. The average molecular weight is 258 g/mol. The average Bonchev–Trinajstić information content (AvgIpc) is 2.26. The van der Waals surface area contributed by atoms with Gasteiger partial charge in [0.15, 0.2) is 5.82 Å². The molecule has 5 heteroatoms. The smallest absolute Gasteiger partial charge is 0.155 e. The zero-order valence-electron chi connectivity index (χ0n) is 11.1. The first kappa shape index (κ1) is 14.9. The molecule has 1 aromatic carbocycles. The van der Waals surface area contributed by atoms with E-state index in [1.807, 2.05) is 20.8 Å². The fourth-order valence-corrected chi connectivity index (χ4v) is 1.57. The Labute approximate surface area is 106 Å². The normalized spacial score (nSPS) is 13.5. The van der Waals surface area contributed by atoms with Crippen LogP contribution in [0.25, 0.3) is 0 Å². The molecule has 1 atom stereocenters. The van der Waals surface area contributed by atoms with E-state index in [1.54, 1.807) is 0 Å². The third-order valence-electron chi connectivity index (χ3n) is 2.56. The van der Waals surface area contributed by atoms with Gasteiger partial charge in [0.2, 0.25) is 0 Å². The van der Waals surface area contributed by atoms with Crippen molar-refractivity contribution in [3.63, 3.8) is 0 Å². The Morgan fingerprint density at radius 1 is 1.28 bits per heavy atom. The lowest BCUT2D eigenvalue weighted by Crippen LogP contribution is -2.38. The summed E-state index contributed by atoms with van der Waals surface area (Å²) in [6, 6.07) is 2.41. The second kappa shape index (κ2) is 5.63. The summed E-state index contributed by atoms with van der Waals surface area (Å²) >= 11 is 0. The number of rotatable bonds is 4. The Morgan fingerprint density at radius 2 is 1.89 bits per heavy atom. The standard InChI is InChI=1S/C13H20F2N2O/c1-13(2,3)17-7-10(18)8-5-6-9(14)12(16-4)11(8)15/h5-6,10,16-18H,7H2,1-4H3. The molecule has 0 bridgehead atoms. The van der Waals surface area contributed by atoms with Gasteiger partial charge in [-0.25, -0.2) is 8.78 Å². The Morgan fingerprint density at radius 3 is 2.39 bits per heavy atom. The van der Waals surface area contributed by atoms with Crippen LogP contribution < -0.4 is 10.6 Å². The highest BCUT2D eigenvalue weighted by Crippen LogP contribution is 2.26. The van der Waals surface area contributed by atoms with Crippen LogP contribution in [-0.4, -0.2) is 24.2 Å². The minimum absolute atomic E-state index is 0.0810. The summed E-state index contributed by atoms with van der Waals surface area (Å²) in [5.74, 6) is -1.42. The summed E-state index contributed by atoms with van der Waals surface area (Å²) < 4.78 is 27.2. The molecule has 0 aliphatic heterocycles. The highest BCUT2D eigenvalue weighted by molar-refractivity contribution is 5.49. The molecule has 3 N–H and O–H groups in total. The highest BCUT2D eigenvalue weighted by atomic mass is 19.1. The first-order chi connectivity index (χ1) is 8.26. The van der Waals surface area contributed by atoms with Crippen molar-refractivity contribution < 1.29 is 13.9 Å². The molecule has 0 saturated carbocycles. The van der Waals surface area contributed by atoms with Gasteiger partial charge in [-0.2, -0.15) is 0 Å². The summed E-state index contributed by atoms with van der Waals surface area (Å²) in [6.07, 6.45) is -1.02. The van der Waals surface area contributed by atoms with Crippen LogP contribution in [0.15, 0.2) is 12.1 Å². The third kappa shape index (κ3) is 3.65. The molecular weight excluding hydrogens is 238 g/mol. The number of halogens is 2. The minimum Gasteiger partial charge on any atom is -0.387 e. The van der Waals surface area contributed by atoms with Crippen LogP contribution in [0.2, 0.25) is 0 Å². The first-order valence-corrected chi connectivity index (χ1v) is 5.85. The van der Waals surface area contributed by atoms with E-state index in [4.69, 9.17) is 0 Å². The Kier molecular flexibility index (Phi) is 4.65. The Bertz CT molecular complexity index is 416. The molecule has 0 radical (unpaired) electrons. The Balaban J connectivity index is 2.90. The molecule has 0 spiro atoms. The van der Waals surface area contributed by atoms with E-state index in [1.165, 1.54) is 13.1 Å². The van der Waals surface area contributed by atoms with Crippen LogP contribution in [0.3, 0.4) is 0 Å². The number of hydrogen-bond donors (Lipinski definition) is 3. The van der Waals surface area contributed by atoms with Crippen molar-refractivity contribution in [1.82, 2.24) is 5.32 Å². The molecule has 102 valence electrons. The number of nitrogens with one attached hydrogen (secondary N) is 2. The lowest BCUT2D eigenvalue weighted by atomic mass is 10.0. The number of aliphatic hydroxyl groups is 1. The van der Waals surface area contributed by atoms with E-state index in [9.17, 15) is 13.9 Å². The van der Waals surface area contributed by atoms with E-state index in [0.717, 1.165) is 6.07 Å². The first-order valence-electron chi connectivity index (χ1n) is 5.85. The fourth-order valence-electron chi connectivity index (χ4n) is 1.57.